The molecule has 0 unspecified atom stereocenters. The Kier molecular flexibility index (Phi) is 8.37. The van der Waals surface area contributed by atoms with Gasteiger partial charge in [-0.05, 0) is 111 Å². The molecule has 0 saturated heterocycles. The third-order valence-corrected chi connectivity index (χ3v) is 7.44. The van der Waals surface area contributed by atoms with Crippen molar-refractivity contribution in [1.82, 2.24) is 0 Å². The van der Waals surface area contributed by atoms with Crippen molar-refractivity contribution in [1.29, 1.82) is 0 Å². The van der Waals surface area contributed by atoms with Gasteiger partial charge in [0.25, 0.3) is 0 Å². The normalized spacial score (nSPS) is 19.1. The van der Waals surface area contributed by atoms with Crippen LogP contribution in [0.1, 0.15) is 80.0 Å². The maximum atomic E-state index is 15.0. The van der Waals surface area contributed by atoms with Crippen LogP contribution in [0.2, 0.25) is 0 Å². The van der Waals surface area contributed by atoms with Crippen LogP contribution in [0.5, 0.6) is 5.75 Å². The summed E-state index contributed by atoms with van der Waals surface area (Å²) < 4.78 is 35.4. The quantitative estimate of drug-likeness (QED) is 0.309. The average molecular weight is 463 g/mol. The van der Waals surface area contributed by atoms with Crippen LogP contribution in [0.4, 0.5) is 8.78 Å². The Labute approximate surface area is 203 Å². The molecule has 1 nitrogen and oxygen atoms in total. The highest BCUT2D eigenvalue weighted by molar-refractivity contribution is 5.31. The minimum Gasteiger partial charge on any atom is -0.494 e. The van der Waals surface area contributed by atoms with Crippen molar-refractivity contribution in [2.45, 2.75) is 70.6 Å². The van der Waals surface area contributed by atoms with Crippen LogP contribution < -0.4 is 4.74 Å². The Morgan fingerprint density at radius 3 is 2.15 bits per heavy atom. The zero-order chi connectivity index (χ0) is 23.9. The van der Waals surface area contributed by atoms with Gasteiger partial charge in [0.05, 0.1) is 6.61 Å². The highest BCUT2D eigenvalue weighted by Gasteiger charge is 2.24. The molecule has 1 aliphatic rings. The molecule has 1 saturated carbocycles. The molecule has 0 aromatic heterocycles. The van der Waals surface area contributed by atoms with Gasteiger partial charge in [0, 0.05) is 5.56 Å². The van der Waals surface area contributed by atoms with E-state index in [1.54, 1.807) is 12.1 Å². The average Bonchev–Trinajstić information content (AvgIpc) is 2.86. The van der Waals surface area contributed by atoms with Crippen LogP contribution in [-0.4, -0.2) is 6.61 Å². The van der Waals surface area contributed by atoms with Crippen LogP contribution >= 0.6 is 0 Å². The summed E-state index contributed by atoms with van der Waals surface area (Å²) in [5.74, 6) is 1.15. The molecule has 4 rings (SSSR count). The number of hydrogen-bond acceptors (Lipinski definition) is 1. The van der Waals surface area contributed by atoms with Crippen LogP contribution in [0.3, 0.4) is 0 Å². The third kappa shape index (κ3) is 6.25. The number of aryl methyl sites for hydroxylation is 1. The maximum absolute atomic E-state index is 15.0. The molecular weight excluding hydrogens is 426 g/mol. The van der Waals surface area contributed by atoms with E-state index in [1.165, 1.54) is 12.0 Å². The topological polar surface area (TPSA) is 9.23 Å². The van der Waals surface area contributed by atoms with Gasteiger partial charge in [0.1, 0.15) is 17.4 Å². The predicted octanol–water partition coefficient (Wildman–Crippen LogP) is 8.62. The molecule has 3 heteroatoms. The maximum Gasteiger partial charge on any atom is 0.129 e. The smallest absolute Gasteiger partial charge is 0.129 e. The number of rotatable bonds is 9. The first kappa shape index (κ1) is 24.4. The fourth-order valence-corrected chi connectivity index (χ4v) is 5.33. The highest BCUT2D eigenvalue weighted by Crippen LogP contribution is 2.39. The summed E-state index contributed by atoms with van der Waals surface area (Å²) in [4.78, 5) is 0. The summed E-state index contributed by atoms with van der Waals surface area (Å²) in [6, 6.07) is 21.5. The van der Waals surface area contributed by atoms with E-state index in [9.17, 15) is 8.78 Å². The van der Waals surface area contributed by atoms with Crippen LogP contribution in [-0.2, 0) is 12.8 Å². The van der Waals surface area contributed by atoms with E-state index in [0.717, 1.165) is 49.0 Å². The van der Waals surface area contributed by atoms with Gasteiger partial charge in [0.2, 0.25) is 0 Å². The van der Waals surface area contributed by atoms with Crippen molar-refractivity contribution in [3.8, 4) is 5.75 Å². The molecule has 1 aliphatic carbocycles. The lowest BCUT2D eigenvalue weighted by Gasteiger charge is -2.29. The minimum atomic E-state index is -0.393. The zero-order valence-corrected chi connectivity index (χ0v) is 20.4. The second-order valence-corrected chi connectivity index (χ2v) is 9.81. The Bertz CT molecular complexity index is 1010. The van der Waals surface area contributed by atoms with Gasteiger partial charge in [-0.15, -0.1) is 0 Å². The molecule has 0 N–H and O–H groups in total. The number of halogens is 2. The standard InChI is InChI=1S/C31H36F2O/c1-3-34-28-17-13-24(14-18-28)10-9-23-11-15-26(16-12-23)27-20-30(32)29(31(33)21-27)19-22(2)25-7-5-4-6-8-25/h4-8,13-14,17-18,20-23,26H,3,9-12,15-16,19H2,1-2H3/t22-,23?,26?/m0/s1. The summed E-state index contributed by atoms with van der Waals surface area (Å²) in [5, 5.41) is 0. The molecule has 3 aromatic carbocycles. The summed E-state index contributed by atoms with van der Waals surface area (Å²) in [5.41, 5.74) is 3.49. The van der Waals surface area contributed by atoms with Crippen LogP contribution in [0.25, 0.3) is 0 Å². The largest absolute Gasteiger partial charge is 0.494 e. The van der Waals surface area contributed by atoms with Gasteiger partial charge < -0.3 is 4.74 Å². The molecule has 0 bridgehead atoms. The van der Waals surface area contributed by atoms with Crippen molar-refractivity contribution in [3.05, 3.63) is 101 Å². The molecule has 0 heterocycles. The van der Waals surface area contributed by atoms with Gasteiger partial charge in [0.15, 0.2) is 0 Å². The molecule has 0 amide bonds. The van der Waals surface area contributed by atoms with E-state index >= 15 is 0 Å². The monoisotopic (exact) mass is 462 g/mol. The number of ether oxygens (including phenoxy) is 1. The van der Waals surface area contributed by atoms with E-state index in [0.29, 0.717) is 18.9 Å². The molecule has 34 heavy (non-hydrogen) atoms. The Morgan fingerprint density at radius 1 is 0.882 bits per heavy atom. The lowest BCUT2D eigenvalue weighted by atomic mass is 9.76. The van der Waals surface area contributed by atoms with E-state index in [1.807, 2.05) is 56.3 Å². The summed E-state index contributed by atoms with van der Waals surface area (Å²) in [7, 11) is 0. The van der Waals surface area contributed by atoms with E-state index < -0.39 is 11.6 Å². The summed E-state index contributed by atoms with van der Waals surface area (Å²) in [6.45, 7) is 4.70. The van der Waals surface area contributed by atoms with Crippen LogP contribution in [0, 0.1) is 17.6 Å². The predicted molar refractivity (Wildman–Crippen MR) is 136 cm³/mol. The lowest BCUT2D eigenvalue weighted by molar-refractivity contribution is 0.309. The molecule has 1 fully saturated rings. The summed E-state index contributed by atoms with van der Waals surface area (Å²) in [6.07, 6.45) is 6.87. The first-order valence-corrected chi connectivity index (χ1v) is 12.8. The van der Waals surface area contributed by atoms with Crippen molar-refractivity contribution in [2.75, 3.05) is 6.61 Å². The Hall–Kier alpha value is -2.68. The first-order valence-electron chi connectivity index (χ1n) is 12.8. The van der Waals surface area contributed by atoms with Gasteiger partial charge in [-0.25, -0.2) is 8.78 Å². The minimum absolute atomic E-state index is 0.0712. The molecule has 0 spiro atoms. The van der Waals surface area contributed by atoms with Gasteiger partial charge >= 0.3 is 0 Å². The second-order valence-electron chi connectivity index (χ2n) is 9.81. The van der Waals surface area contributed by atoms with Crippen molar-refractivity contribution >= 4 is 0 Å². The molecule has 0 aliphatic heterocycles. The Morgan fingerprint density at radius 2 is 1.53 bits per heavy atom. The van der Waals surface area contributed by atoms with Crippen molar-refractivity contribution in [2.24, 2.45) is 5.92 Å². The van der Waals surface area contributed by atoms with Gasteiger partial charge in [-0.1, -0.05) is 49.4 Å². The molecule has 0 radical (unpaired) electrons. The van der Waals surface area contributed by atoms with E-state index in [2.05, 4.69) is 12.1 Å². The van der Waals surface area contributed by atoms with Crippen molar-refractivity contribution < 1.29 is 13.5 Å². The molecule has 3 aromatic rings. The molecule has 180 valence electrons. The first-order chi connectivity index (χ1) is 16.5. The fraction of sp³-hybridized carbons (Fsp3) is 0.419. The fourth-order valence-electron chi connectivity index (χ4n) is 5.33. The van der Waals surface area contributed by atoms with Gasteiger partial charge in [-0.2, -0.15) is 0 Å². The number of benzene rings is 3. The zero-order valence-electron chi connectivity index (χ0n) is 20.4. The van der Waals surface area contributed by atoms with Crippen LogP contribution in [0.15, 0.2) is 66.7 Å². The third-order valence-electron chi connectivity index (χ3n) is 7.44. The SMILES string of the molecule is CCOc1ccc(CCC2CCC(c3cc(F)c(C[C@H](C)c4ccccc4)c(F)c3)CC2)cc1. The van der Waals surface area contributed by atoms with E-state index in [4.69, 9.17) is 4.74 Å². The molecule has 1 atom stereocenters. The van der Waals surface area contributed by atoms with Gasteiger partial charge in [-0.3, -0.25) is 0 Å². The number of hydrogen-bond donors (Lipinski definition) is 0. The lowest BCUT2D eigenvalue weighted by Crippen LogP contribution is -2.15. The van der Waals surface area contributed by atoms with E-state index in [-0.39, 0.29) is 17.4 Å². The highest BCUT2D eigenvalue weighted by atomic mass is 19.1. The Balaban J connectivity index is 1.30. The second kappa shape index (κ2) is 11.6. The summed E-state index contributed by atoms with van der Waals surface area (Å²) >= 11 is 0. The van der Waals surface area contributed by atoms with Crippen molar-refractivity contribution in [3.63, 3.8) is 0 Å². The molecular formula is C31H36F2O.